The standard InChI is InChI=1S/C20H15Cl3N4O2/c1-10-18(11-3-2-4-12(21)7-11)19-25-20(29)16(27(19)26-10)9-17(28)24-15-8-13(22)5-6-14(15)23/h2-8,16H,9H2,1H3,(H,24,28)(H,25,29). The number of amides is 2. The molecule has 0 spiro atoms. The minimum absolute atomic E-state index is 0.0994. The number of aryl methyl sites for hydroxylation is 1. The molecule has 0 saturated carbocycles. The topological polar surface area (TPSA) is 76.0 Å². The highest BCUT2D eigenvalue weighted by Gasteiger charge is 2.36. The van der Waals surface area contributed by atoms with E-state index in [0.29, 0.717) is 26.6 Å². The second-order valence-electron chi connectivity index (χ2n) is 6.65. The molecule has 1 aliphatic rings. The summed E-state index contributed by atoms with van der Waals surface area (Å²) in [5.41, 5.74) is 2.73. The van der Waals surface area contributed by atoms with Crippen molar-refractivity contribution in [1.82, 2.24) is 9.78 Å². The fourth-order valence-electron chi connectivity index (χ4n) is 3.34. The third kappa shape index (κ3) is 3.83. The summed E-state index contributed by atoms with van der Waals surface area (Å²) in [7, 11) is 0. The minimum atomic E-state index is -0.769. The molecule has 6 nitrogen and oxygen atoms in total. The highest BCUT2D eigenvalue weighted by atomic mass is 35.5. The maximum Gasteiger partial charge on any atom is 0.251 e. The SMILES string of the molecule is Cc1nn2c(c1-c1cccc(Cl)c1)NC(=O)C2CC(=O)Nc1cc(Cl)ccc1Cl. The molecule has 1 aromatic heterocycles. The van der Waals surface area contributed by atoms with E-state index in [9.17, 15) is 9.59 Å². The molecule has 1 unspecified atom stereocenters. The molecule has 0 saturated heterocycles. The lowest BCUT2D eigenvalue weighted by molar-refractivity contribution is -0.123. The van der Waals surface area contributed by atoms with Gasteiger partial charge in [-0.2, -0.15) is 5.10 Å². The number of aromatic nitrogens is 2. The number of hydrogen-bond donors (Lipinski definition) is 2. The zero-order valence-electron chi connectivity index (χ0n) is 15.2. The Hall–Kier alpha value is -2.54. The number of halogens is 3. The predicted molar refractivity (Wildman–Crippen MR) is 115 cm³/mol. The molecule has 0 aliphatic carbocycles. The summed E-state index contributed by atoms with van der Waals surface area (Å²) in [5.74, 6) is -0.129. The van der Waals surface area contributed by atoms with Crippen molar-refractivity contribution >= 4 is 58.1 Å². The Labute approximate surface area is 181 Å². The second-order valence-corrected chi connectivity index (χ2v) is 7.93. The Morgan fingerprint density at radius 3 is 2.69 bits per heavy atom. The van der Waals surface area contributed by atoms with Gasteiger partial charge in [0.1, 0.15) is 11.9 Å². The first kappa shape index (κ1) is 19.8. The van der Waals surface area contributed by atoms with E-state index >= 15 is 0 Å². The predicted octanol–water partition coefficient (Wildman–Crippen LogP) is 5.34. The molecular weight excluding hydrogens is 435 g/mol. The molecular formula is C20H15Cl3N4O2. The lowest BCUT2D eigenvalue weighted by Gasteiger charge is -2.11. The molecule has 29 heavy (non-hydrogen) atoms. The third-order valence-electron chi connectivity index (χ3n) is 4.62. The van der Waals surface area contributed by atoms with E-state index in [1.165, 1.54) is 0 Å². The van der Waals surface area contributed by atoms with Gasteiger partial charge in [0.05, 0.1) is 22.8 Å². The van der Waals surface area contributed by atoms with Gasteiger partial charge in [-0.3, -0.25) is 9.59 Å². The molecule has 2 amide bonds. The summed E-state index contributed by atoms with van der Waals surface area (Å²) >= 11 is 18.1. The van der Waals surface area contributed by atoms with Crippen molar-refractivity contribution in [2.75, 3.05) is 10.6 Å². The van der Waals surface area contributed by atoms with Crippen molar-refractivity contribution in [2.45, 2.75) is 19.4 Å². The zero-order valence-corrected chi connectivity index (χ0v) is 17.4. The number of carbonyl (C=O) groups excluding carboxylic acids is 2. The average molecular weight is 450 g/mol. The summed E-state index contributed by atoms with van der Waals surface area (Å²) in [5, 5.41) is 11.4. The molecule has 2 aromatic carbocycles. The van der Waals surface area contributed by atoms with Crippen LogP contribution in [0.1, 0.15) is 18.2 Å². The maximum atomic E-state index is 12.5. The molecule has 148 valence electrons. The van der Waals surface area contributed by atoms with Gasteiger partial charge < -0.3 is 10.6 Å². The van der Waals surface area contributed by atoms with Gasteiger partial charge >= 0.3 is 0 Å². The van der Waals surface area contributed by atoms with Crippen LogP contribution in [-0.4, -0.2) is 21.6 Å². The molecule has 1 atom stereocenters. The molecule has 1 aliphatic heterocycles. The van der Waals surface area contributed by atoms with Crippen molar-refractivity contribution in [2.24, 2.45) is 0 Å². The van der Waals surface area contributed by atoms with Crippen LogP contribution in [0.5, 0.6) is 0 Å². The summed E-state index contributed by atoms with van der Waals surface area (Å²) in [4.78, 5) is 25.1. The lowest BCUT2D eigenvalue weighted by Crippen LogP contribution is -2.23. The van der Waals surface area contributed by atoms with Crippen LogP contribution >= 0.6 is 34.8 Å². The van der Waals surface area contributed by atoms with Crippen molar-refractivity contribution in [1.29, 1.82) is 0 Å². The van der Waals surface area contributed by atoms with E-state index in [0.717, 1.165) is 16.8 Å². The van der Waals surface area contributed by atoms with Crippen LogP contribution in [0.15, 0.2) is 42.5 Å². The largest absolute Gasteiger partial charge is 0.325 e. The Balaban J connectivity index is 1.60. The minimum Gasteiger partial charge on any atom is -0.325 e. The van der Waals surface area contributed by atoms with Gasteiger partial charge in [0.15, 0.2) is 0 Å². The summed E-state index contributed by atoms with van der Waals surface area (Å²) < 4.78 is 1.55. The second kappa shape index (κ2) is 7.71. The van der Waals surface area contributed by atoms with Crippen molar-refractivity contribution in [3.8, 4) is 11.1 Å². The Kier molecular flexibility index (Phi) is 5.25. The lowest BCUT2D eigenvalue weighted by atomic mass is 10.1. The number of carbonyl (C=O) groups is 2. The average Bonchev–Trinajstić information content (AvgIpc) is 3.12. The fourth-order valence-corrected chi connectivity index (χ4v) is 3.87. The first-order valence-corrected chi connectivity index (χ1v) is 9.87. The van der Waals surface area contributed by atoms with E-state index in [-0.39, 0.29) is 18.2 Å². The molecule has 3 aromatic rings. The van der Waals surface area contributed by atoms with Crippen molar-refractivity contribution < 1.29 is 9.59 Å². The van der Waals surface area contributed by atoms with E-state index in [2.05, 4.69) is 15.7 Å². The number of anilines is 2. The van der Waals surface area contributed by atoms with E-state index < -0.39 is 6.04 Å². The van der Waals surface area contributed by atoms with Crippen LogP contribution in [0.3, 0.4) is 0 Å². The molecule has 0 bridgehead atoms. The van der Waals surface area contributed by atoms with Gasteiger partial charge in [-0.25, -0.2) is 4.68 Å². The Bertz CT molecular complexity index is 1140. The van der Waals surface area contributed by atoms with Crippen LogP contribution in [0.25, 0.3) is 11.1 Å². The number of nitrogens with one attached hydrogen (secondary N) is 2. The number of benzene rings is 2. The van der Waals surface area contributed by atoms with Gasteiger partial charge in [-0.15, -0.1) is 0 Å². The smallest absolute Gasteiger partial charge is 0.251 e. The van der Waals surface area contributed by atoms with Crippen LogP contribution in [-0.2, 0) is 9.59 Å². The van der Waals surface area contributed by atoms with Crippen LogP contribution in [0.4, 0.5) is 11.5 Å². The molecule has 2 heterocycles. The Morgan fingerprint density at radius 1 is 1.17 bits per heavy atom. The fraction of sp³-hybridized carbons (Fsp3) is 0.150. The van der Waals surface area contributed by atoms with Gasteiger partial charge in [0.2, 0.25) is 5.91 Å². The highest BCUT2D eigenvalue weighted by molar-refractivity contribution is 6.35. The first-order valence-electron chi connectivity index (χ1n) is 8.74. The van der Waals surface area contributed by atoms with Gasteiger partial charge in [-0.05, 0) is 42.8 Å². The van der Waals surface area contributed by atoms with E-state index in [1.807, 2.05) is 19.1 Å². The number of nitrogens with zero attached hydrogens (tertiary/aromatic N) is 2. The van der Waals surface area contributed by atoms with Crippen LogP contribution in [0.2, 0.25) is 15.1 Å². The zero-order chi connectivity index (χ0) is 20.7. The maximum absolute atomic E-state index is 12.5. The molecule has 0 radical (unpaired) electrons. The monoisotopic (exact) mass is 448 g/mol. The summed E-state index contributed by atoms with van der Waals surface area (Å²) in [6.45, 7) is 1.84. The molecule has 0 fully saturated rings. The molecule has 2 N–H and O–H groups in total. The quantitative estimate of drug-likeness (QED) is 0.564. The van der Waals surface area contributed by atoms with E-state index in [1.54, 1.807) is 35.0 Å². The van der Waals surface area contributed by atoms with Crippen LogP contribution < -0.4 is 10.6 Å². The Morgan fingerprint density at radius 2 is 1.93 bits per heavy atom. The van der Waals surface area contributed by atoms with Gasteiger partial charge in [-0.1, -0.05) is 46.9 Å². The molecule has 4 rings (SSSR count). The number of hydrogen-bond acceptors (Lipinski definition) is 3. The van der Waals surface area contributed by atoms with Crippen LogP contribution in [0, 0.1) is 6.92 Å². The van der Waals surface area contributed by atoms with Crippen molar-refractivity contribution in [3.05, 3.63) is 63.2 Å². The normalized spacial score (nSPS) is 15.2. The molecule has 9 heteroatoms. The first-order chi connectivity index (χ1) is 13.8. The highest BCUT2D eigenvalue weighted by Crippen LogP contribution is 2.39. The third-order valence-corrected chi connectivity index (χ3v) is 5.42. The number of rotatable bonds is 4. The van der Waals surface area contributed by atoms with Gasteiger partial charge in [0, 0.05) is 15.6 Å². The van der Waals surface area contributed by atoms with Crippen molar-refractivity contribution in [3.63, 3.8) is 0 Å². The number of fused-ring (bicyclic) bond motifs is 1. The van der Waals surface area contributed by atoms with Gasteiger partial charge in [0.25, 0.3) is 5.91 Å². The van der Waals surface area contributed by atoms with E-state index in [4.69, 9.17) is 34.8 Å². The summed E-state index contributed by atoms with van der Waals surface area (Å²) in [6, 6.07) is 11.3. The summed E-state index contributed by atoms with van der Waals surface area (Å²) in [6.07, 6.45) is -0.0994.